The lowest BCUT2D eigenvalue weighted by Crippen LogP contribution is -2.45. The lowest BCUT2D eigenvalue weighted by atomic mass is 10.0. The van der Waals surface area contributed by atoms with Gasteiger partial charge in [0.2, 0.25) is 0 Å². The van der Waals surface area contributed by atoms with Crippen LogP contribution in [0.5, 0.6) is 0 Å². The van der Waals surface area contributed by atoms with E-state index in [1.54, 1.807) is 12.1 Å². The van der Waals surface area contributed by atoms with Crippen molar-refractivity contribution in [2.45, 2.75) is 33.4 Å². The fourth-order valence-corrected chi connectivity index (χ4v) is 3.99. The number of nitrogens with zero attached hydrogens (tertiary/aromatic N) is 1. The molecule has 0 radical (unpaired) electrons. The van der Waals surface area contributed by atoms with Crippen molar-refractivity contribution in [1.82, 2.24) is 10.3 Å². The Morgan fingerprint density at radius 2 is 1.89 bits per heavy atom. The highest BCUT2D eigenvalue weighted by molar-refractivity contribution is 7.13. The van der Waals surface area contributed by atoms with Gasteiger partial charge in [-0.3, -0.25) is 4.79 Å². The molecule has 28 heavy (non-hydrogen) atoms. The molecule has 1 atom stereocenters. The van der Waals surface area contributed by atoms with E-state index in [9.17, 15) is 9.59 Å². The minimum Gasteiger partial charge on any atom is -0.458 e. The number of aryl methyl sites for hydroxylation is 1. The molecule has 0 saturated carbocycles. The topological polar surface area (TPSA) is 68.3 Å². The Kier molecular flexibility index (Phi) is 6.59. The standard InChI is InChI=1S/C21H22N2O3S2/c1-13(2)18(23-19(24)17-5-4-10-27-17)21(25)26-11-16-12-28-20(22-16)15-8-6-14(3)7-9-15/h4-10,12-13,18H,11H2,1-3H3,(H,23,24)/t18-/m1/s1. The number of hydrogen-bond acceptors (Lipinski definition) is 6. The molecule has 0 aliphatic heterocycles. The predicted molar refractivity (Wildman–Crippen MR) is 112 cm³/mol. The Morgan fingerprint density at radius 3 is 2.54 bits per heavy atom. The number of carbonyl (C=O) groups is 2. The smallest absolute Gasteiger partial charge is 0.329 e. The number of nitrogens with one attached hydrogen (secondary N) is 1. The summed E-state index contributed by atoms with van der Waals surface area (Å²) in [6.45, 7) is 5.87. The summed E-state index contributed by atoms with van der Waals surface area (Å²) in [5.41, 5.74) is 2.93. The van der Waals surface area contributed by atoms with Crippen molar-refractivity contribution in [3.8, 4) is 10.6 Å². The van der Waals surface area contributed by atoms with E-state index in [0.717, 1.165) is 10.6 Å². The van der Waals surface area contributed by atoms with Gasteiger partial charge in [0, 0.05) is 10.9 Å². The van der Waals surface area contributed by atoms with Crippen molar-refractivity contribution >= 4 is 34.6 Å². The monoisotopic (exact) mass is 414 g/mol. The van der Waals surface area contributed by atoms with Crippen LogP contribution in [0.25, 0.3) is 10.6 Å². The van der Waals surface area contributed by atoms with Crippen LogP contribution < -0.4 is 5.32 Å². The molecule has 146 valence electrons. The number of hydrogen-bond donors (Lipinski definition) is 1. The van der Waals surface area contributed by atoms with Gasteiger partial charge in [-0.15, -0.1) is 22.7 Å². The first kappa shape index (κ1) is 20.2. The van der Waals surface area contributed by atoms with E-state index in [-0.39, 0.29) is 18.4 Å². The van der Waals surface area contributed by atoms with E-state index >= 15 is 0 Å². The van der Waals surface area contributed by atoms with Crippen LogP contribution in [0.1, 0.15) is 34.8 Å². The number of carbonyl (C=O) groups excluding carboxylic acids is 2. The zero-order valence-electron chi connectivity index (χ0n) is 16.0. The number of amides is 1. The minimum absolute atomic E-state index is 0.0826. The molecule has 1 aromatic carbocycles. The summed E-state index contributed by atoms with van der Waals surface area (Å²) in [6.07, 6.45) is 0. The summed E-state index contributed by atoms with van der Waals surface area (Å²) in [5.74, 6) is -0.805. The number of aromatic nitrogens is 1. The summed E-state index contributed by atoms with van der Waals surface area (Å²) in [6, 6.07) is 11.0. The molecule has 0 saturated heterocycles. The molecule has 0 bridgehead atoms. The zero-order chi connectivity index (χ0) is 20.1. The normalized spacial score (nSPS) is 12.0. The number of esters is 1. The Labute approximate surface area is 172 Å². The number of thiazole rings is 1. The van der Waals surface area contributed by atoms with Gasteiger partial charge in [-0.1, -0.05) is 49.7 Å². The number of benzene rings is 1. The van der Waals surface area contributed by atoms with E-state index in [1.165, 1.54) is 28.2 Å². The van der Waals surface area contributed by atoms with Gasteiger partial charge in [0.05, 0.1) is 10.6 Å². The molecule has 1 amide bonds. The molecular weight excluding hydrogens is 392 g/mol. The first-order valence-electron chi connectivity index (χ1n) is 8.96. The van der Waals surface area contributed by atoms with Gasteiger partial charge < -0.3 is 10.1 Å². The van der Waals surface area contributed by atoms with Gasteiger partial charge in [-0.05, 0) is 24.3 Å². The van der Waals surface area contributed by atoms with E-state index in [4.69, 9.17) is 4.74 Å². The second-order valence-corrected chi connectivity index (χ2v) is 8.60. The molecular formula is C21H22N2O3S2. The average molecular weight is 415 g/mol. The average Bonchev–Trinajstić information content (AvgIpc) is 3.36. The summed E-state index contributed by atoms with van der Waals surface area (Å²) in [5, 5.41) is 7.37. The highest BCUT2D eigenvalue weighted by Gasteiger charge is 2.26. The van der Waals surface area contributed by atoms with Gasteiger partial charge in [0.1, 0.15) is 17.7 Å². The van der Waals surface area contributed by atoms with Crippen molar-refractivity contribution in [1.29, 1.82) is 0 Å². The largest absolute Gasteiger partial charge is 0.458 e. The molecule has 3 aromatic rings. The van der Waals surface area contributed by atoms with E-state index in [0.29, 0.717) is 10.6 Å². The molecule has 1 N–H and O–H groups in total. The molecule has 0 fully saturated rings. The molecule has 0 aliphatic rings. The molecule has 2 heterocycles. The quantitative estimate of drug-likeness (QED) is 0.570. The van der Waals surface area contributed by atoms with Gasteiger partial charge >= 0.3 is 5.97 Å². The Hall–Kier alpha value is -2.51. The summed E-state index contributed by atoms with van der Waals surface area (Å²) in [7, 11) is 0. The molecule has 5 nitrogen and oxygen atoms in total. The highest BCUT2D eigenvalue weighted by Crippen LogP contribution is 2.24. The highest BCUT2D eigenvalue weighted by atomic mass is 32.1. The Balaban J connectivity index is 1.60. The SMILES string of the molecule is Cc1ccc(-c2nc(COC(=O)[C@H](NC(=O)c3cccs3)C(C)C)cs2)cc1. The first-order valence-corrected chi connectivity index (χ1v) is 10.7. The van der Waals surface area contributed by atoms with E-state index in [2.05, 4.69) is 10.3 Å². The minimum atomic E-state index is -0.704. The van der Waals surface area contributed by atoms with Crippen molar-refractivity contribution < 1.29 is 14.3 Å². The van der Waals surface area contributed by atoms with Crippen LogP contribution in [-0.4, -0.2) is 22.9 Å². The second-order valence-electron chi connectivity index (χ2n) is 6.79. The maximum Gasteiger partial charge on any atom is 0.329 e. The summed E-state index contributed by atoms with van der Waals surface area (Å²) in [4.78, 5) is 29.9. The Morgan fingerprint density at radius 1 is 1.14 bits per heavy atom. The maximum atomic E-state index is 12.5. The maximum absolute atomic E-state index is 12.5. The van der Waals surface area contributed by atoms with Gasteiger partial charge in [0.25, 0.3) is 5.91 Å². The van der Waals surface area contributed by atoms with Crippen LogP contribution in [-0.2, 0) is 16.1 Å². The zero-order valence-corrected chi connectivity index (χ0v) is 17.6. The third kappa shape index (κ3) is 5.05. The predicted octanol–water partition coefficient (Wildman–Crippen LogP) is 4.68. The lowest BCUT2D eigenvalue weighted by Gasteiger charge is -2.20. The summed E-state index contributed by atoms with van der Waals surface area (Å²) >= 11 is 2.85. The van der Waals surface area contributed by atoms with Crippen molar-refractivity contribution in [2.24, 2.45) is 5.92 Å². The van der Waals surface area contributed by atoms with Crippen LogP contribution in [0.15, 0.2) is 47.2 Å². The van der Waals surface area contributed by atoms with Crippen molar-refractivity contribution in [2.75, 3.05) is 0 Å². The van der Waals surface area contributed by atoms with Crippen LogP contribution >= 0.6 is 22.7 Å². The number of thiophene rings is 1. The van der Waals surface area contributed by atoms with Crippen LogP contribution in [0, 0.1) is 12.8 Å². The van der Waals surface area contributed by atoms with E-state index < -0.39 is 12.0 Å². The third-order valence-corrected chi connectivity index (χ3v) is 5.97. The third-order valence-electron chi connectivity index (χ3n) is 4.16. The molecule has 0 aliphatic carbocycles. The van der Waals surface area contributed by atoms with Crippen molar-refractivity contribution in [3.05, 3.63) is 63.3 Å². The molecule has 0 unspecified atom stereocenters. The first-order chi connectivity index (χ1) is 13.4. The van der Waals surface area contributed by atoms with E-state index in [1.807, 2.05) is 55.8 Å². The van der Waals surface area contributed by atoms with Gasteiger partial charge in [-0.2, -0.15) is 0 Å². The molecule has 0 spiro atoms. The molecule has 3 rings (SSSR count). The lowest BCUT2D eigenvalue weighted by molar-refractivity contribution is -0.148. The molecule has 7 heteroatoms. The van der Waals surface area contributed by atoms with Gasteiger partial charge in [-0.25, -0.2) is 9.78 Å². The number of rotatable bonds is 7. The Bertz CT molecular complexity index is 931. The van der Waals surface area contributed by atoms with Crippen molar-refractivity contribution in [3.63, 3.8) is 0 Å². The summed E-state index contributed by atoms with van der Waals surface area (Å²) < 4.78 is 5.43. The molecule has 2 aromatic heterocycles. The fourth-order valence-electron chi connectivity index (χ4n) is 2.55. The van der Waals surface area contributed by atoms with Gasteiger partial charge in [0.15, 0.2) is 0 Å². The van der Waals surface area contributed by atoms with Crippen LogP contribution in [0.4, 0.5) is 0 Å². The second kappa shape index (κ2) is 9.12. The number of ether oxygens (including phenoxy) is 1. The van der Waals surface area contributed by atoms with Crippen LogP contribution in [0.2, 0.25) is 0 Å². The van der Waals surface area contributed by atoms with Crippen LogP contribution in [0.3, 0.4) is 0 Å². The fraction of sp³-hybridized carbons (Fsp3) is 0.286.